The summed E-state index contributed by atoms with van der Waals surface area (Å²) >= 11 is 5.99. The summed E-state index contributed by atoms with van der Waals surface area (Å²) in [5.41, 5.74) is 1.92. The van der Waals surface area contributed by atoms with Crippen LogP contribution in [0.25, 0.3) is 0 Å². The summed E-state index contributed by atoms with van der Waals surface area (Å²) in [5.74, 6) is -5.36. The molecule has 2 aromatic heterocycles. The molecule has 2 aromatic rings. The van der Waals surface area contributed by atoms with Crippen LogP contribution in [0, 0.1) is 0 Å². The topological polar surface area (TPSA) is 105 Å². The zero-order chi connectivity index (χ0) is 24.9. The lowest BCUT2D eigenvalue weighted by atomic mass is 10.1. The number of hydrogen-bond donors (Lipinski definition) is 2. The molecule has 3 rings (SSSR count). The lowest BCUT2D eigenvalue weighted by molar-refractivity contribution is -0.148. The molecular formula is C21H21ClF4N4O4. The van der Waals surface area contributed by atoms with Gasteiger partial charge >= 0.3 is 12.3 Å². The van der Waals surface area contributed by atoms with Gasteiger partial charge in [0.05, 0.1) is 12.1 Å². The second-order valence-corrected chi connectivity index (χ2v) is 7.94. The highest BCUT2D eigenvalue weighted by Crippen LogP contribution is 2.30. The van der Waals surface area contributed by atoms with E-state index >= 15 is 0 Å². The van der Waals surface area contributed by atoms with E-state index in [2.05, 4.69) is 20.0 Å². The molecular weight excluding hydrogens is 484 g/mol. The molecule has 0 radical (unpaired) electrons. The molecule has 0 atom stereocenters. The molecule has 0 saturated carbocycles. The Morgan fingerprint density at radius 3 is 2.79 bits per heavy atom. The van der Waals surface area contributed by atoms with Crippen molar-refractivity contribution in [1.82, 2.24) is 20.2 Å². The Morgan fingerprint density at radius 1 is 1.35 bits per heavy atom. The Balaban J connectivity index is 1.66. The number of halogens is 5. The van der Waals surface area contributed by atoms with Crippen LogP contribution >= 0.6 is 11.6 Å². The van der Waals surface area contributed by atoms with Gasteiger partial charge in [0.25, 0.3) is 5.91 Å². The first-order chi connectivity index (χ1) is 16.1. The predicted molar refractivity (Wildman–Crippen MR) is 112 cm³/mol. The molecule has 1 aliphatic rings. The van der Waals surface area contributed by atoms with E-state index in [9.17, 15) is 27.2 Å². The van der Waals surface area contributed by atoms with E-state index in [1.807, 2.05) is 0 Å². The number of carbonyl (C=O) groups is 2. The van der Waals surface area contributed by atoms with Crippen LogP contribution in [0.2, 0.25) is 5.02 Å². The first-order valence-electron chi connectivity index (χ1n) is 10.2. The van der Waals surface area contributed by atoms with Crippen LogP contribution < -0.4 is 10.1 Å². The van der Waals surface area contributed by atoms with E-state index < -0.39 is 24.8 Å². The fourth-order valence-corrected chi connectivity index (χ4v) is 3.50. The van der Waals surface area contributed by atoms with Gasteiger partial charge in [-0.25, -0.2) is 13.8 Å². The Morgan fingerprint density at radius 2 is 2.12 bits per heavy atom. The van der Waals surface area contributed by atoms with Crippen molar-refractivity contribution in [1.29, 1.82) is 0 Å². The average Bonchev–Trinajstić information content (AvgIpc) is 3.09. The molecule has 0 spiro atoms. The number of carbonyl (C=O) groups excluding carboxylic acids is 2. The molecule has 34 heavy (non-hydrogen) atoms. The average molecular weight is 505 g/mol. The van der Waals surface area contributed by atoms with Crippen LogP contribution in [-0.2, 0) is 24.3 Å². The number of rotatable bonds is 11. The van der Waals surface area contributed by atoms with Crippen molar-refractivity contribution < 1.29 is 37.0 Å². The molecule has 2 amide bonds. The number of aliphatic hydroxyl groups excluding tert-OH is 1. The molecule has 0 aromatic carbocycles. The second kappa shape index (κ2) is 11.0. The van der Waals surface area contributed by atoms with Gasteiger partial charge in [0.1, 0.15) is 5.02 Å². The summed E-state index contributed by atoms with van der Waals surface area (Å²) in [6, 6.07) is 2.89. The van der Waals surface area contributed by atoms with Crippen molar-refractivity contribution in [3.63, 3.8) is 0 Å². The molecule has 8 nitrogen and oxygen atoms in total. The highest BCUT2D eigenvalue weighted by atomic mass is 35.5. The molecule has 0 saturated heterocycles. The number of ether oxygens (including phenoxy) is 1. The Bertz CT molecular complexity index is 1060. The van der Waals surface area contributed by atoms with Crippen LogP contribution in [0.3, 0.4) is 0 Å². The number of aliphatic hydroxyl groups is 1. The summed E-state index contributed by atoms with van der Waals surface area (Å²) in [7, 11) is 0. The fourth-order valence-electron chi connectivity index (χ4n) is 3.25. The van der Waals surface area contributed by atoms with Crippen LogP contribution in [0.4, 0.5) is 17.6 Å². The van der Waals surface area contributed by atoms with E-state index in [1.165, 1.54) is 23.4 Å². The molecule has 13 heteroatoms. The number of fused-ring (bicyclic) bond motifs is 1. The first-order valence-corrected chi connectivity index (χ1v) is 10.6. The molecule has 0 aliphatic carbocycles. The summed E-state index contributed by atoms with van der Waals surface area (Å²) in [6.45, 7) is -1.06. The number of alkyl halides is 4. The van der Waals surface area contributed by atoms with Gasteiger partial charge in [-0.15, -0.1) is 0 Å². The number of hydrogen-bond acceptors (Lipinski definition) is 6. The van der Waals surface area contributed by atoms with Gasteiger partial charge in [0.2, 0.25) is 11.8 Å². The molecule has 3 heterocycles. The third-order valence-electron chi connectivity index (χ3n) is 4.95. The van der Waals surface area contributed by atoms with E-state index in [0.717, 1.165) is 0 Å². The van der Waals surface area contributed by atoms with Gasteiger partial charge in [0.15, 0.2) is 6.61 Å². The van der Waals surface area contributed by atoms with Crippen molar-refractivity contribution >= 4 is 23.4 Å². The van der Waals surface area contributed by atoms with Crippen LogP contribution in [0.1, 0.15) is 33.6 Å². The summed E-state index contributed by atoms with van der Waals surface area (Å²) in [5, 5.41) is 11.3. The number of nitrogens with zero attached hydrogens (tertiary/aromatic N) is 3. The lowest BCUT2D eigenvalue weighted by Gasteiger charge is -2.18. The van der Waals surface area contributed by atoms with Crippen LogP contribution in [0.15, 0.2) is 24.5 Å². The van der Waals surface area contributed by atoms with Crippen LogP contribution in [0.5, 0.6) is 5.88 Å². The van der Waals surface area contributed by atoms with E-state index in [0.29, 0.717) is 35.3 Å². The monoisotopic (exact) mass is 504 g/mol. The van der Waals surface area contributed by atoms with Crippen LogP contribution in [-0.4, -0.2) is 63.9 Å². The van der Waals surface area contributed by atoms with Gasteiger partial charge in [-0.1, -0.05) is 11.6 Å². The summed E-state index contributed by atoms with van der Waals surface area (Å²) in [4.78, 5) is 34.4. The van der Waals surface area contributed by atoms with Gasteiger partial charge in [-0.3, -0.25) is 14.6 Å². The quantitative estimate of drug-likeness (QED) is 0.360. The third-order valence-corrected chi connectivity index (χ3v) is 5.23. The SMILES string of the molecule is O=C(Cc1nccc2c1CN(Cc1cnc(OCC(F)(F)C(F)F)c(Cl)c1)C2=O)NCCCO. The molecule has 1 aliphatic heterocycles. The van der Waals surface area contributed by atoms with E-state index in [1.54, 1.807) is 6.07 Å². The van der Waals surface area contributed by atoms with Crippen molar-refractivity contribution in [2.75, 3.05) is 19.8 Å². The van der Waals surface area contributed by atoms with Gasteiger partial charge in [-0.2, -0.15) is 8.78 Å². The maximum atomic E-state index is 13.0. The molecule has 0 bridgehead atoms. The highest BCUT2D eigenvalue weighted by Gasteiger charge is 2.42. The minimum Gasteiger partial charge on any atom is -0.470 e. The van der Waals surface area contributed by atoms with E-state index in [-0.39, 0.29) is 43.0 Å². The molecule has 0 fully saturated rings. The fraction of sp³-hybridized carbons (Fsp3) is 0.429. The number of pyridine rings is 2. The minimum absolute atomic E-state index is 0.0294. The number of amides is 2. The maximum Gasteiger partial charge on any atom is 0.340 e. The summed E-state index contributed by atoms with van der Waals surface area (Å²) < 4.78 is 55.3. The highest BCUT2D eigenvalue weighted by molar-refractivity contribution is 6.31. The Hall–Kier alpha value is -2.99. The Labute approximate surface area is 196 Å². The zero-order valence-corrected chi connectivity index (χ0v) is 18.5. The smallest absolute Gasteiger partial charge is 0.340 e. The normalized spacial score (nSPS) is 13.4. The maximum absolute atomic E-state index is 13.0. The zero-order valence-electron chi connectivity index (χ0n) is 17.7. The van der Waals surface area contributed by atoms with Gasteiger partial charge < -0.3 is 20.1 Å². The molecule has 184 valence electrons. The standard InChI is InChI=1S/C21H21ClF4N4O4/c22-15-6-12(8-29-18(15)34-11-21(25,26)20(23)24)9-30-10-14-13(19(30)33)2-4-27-16(14)7-17(32)28-3-1-5-31/h2,4,6,8,20,31H,1,3,5,7,9-11H2,(H,28,32). The van der Waals surface area contributed by atoms with Gasteiger partial charge in [-0.05, 0) is 24.1 Å². The van der Waals surface area contributed by atoms with Crippen molar-refractivity contribution in [3.05, 3.63) is 51.9 Å². The second-order valence-electron chi connectivity index (χ2n) is 7.53. The number of aromatic nitrogens is 2. The van der Waals surface area contributed by atoms with E-state index in [4.69, 9.17) is 16.7 Å². The number of nitrogens with one attached hydrogen (secondary N) is 1. The van der Waals surface area contributed by atoms with Crippen molar-refractivity contribution in [2.24, 2.45) is 0 Å². The van der Waals surface area contributed by atoms with Gasteiger partial charge in [0, 0.05) is 49.8 Å². The van der Waals surface area contributed by atoms with Crippen molar-refractivity contribution in [2.45, 2.75) is 38.3 Å². The summed E-state index contributed by atoms with van der Waals surface area (Å²) in [6.07, 6.45) is -0.812. The van der Waals surface area contributed by atoms with Crippen molar-refractivity contribution in [3.8, 4) is 5.88 Å². The first kappa shape index (κ1) is 25.6. The third kappa shape index (κ3) is 6.11. The lowest BCUT2D eigenvalue weighted by Crippen LogP contribution is -2.34. The molecule has 0 unspecified atom stereocenters. The predicted octanol–water partition coefficient (Wildman–Crippen LogP) is 2.61. The molecule has 2 N–H and O–H groups in total. The minimum atomic E-state index is -4.35. The Kier molecular flexibility index (Phi) is 8.26. The largest absolute Gasteiger partial charge is 0.470 e.